The summed E-state index contributed by atoms with van der Waals surface area (Å²) in [5, 5.41) is 8.52. The van der Waals surface area contributed by atoms with Crippen LogP contribution in [0.15, 0.2) is 12.7 Å². The summed E-state index contributed by atoms with van der Waals surface area (Å²) < 4.78 is 24.4. The van der Waals surface area contributed by atoms with Crippen molar-refractivity contribution in [3.63, 3.8) is 0 Å². The van der Waals surface area contributed by atoms with Crippen molar-refractivity contribution in [1.29, 1.82) is 0 Å². The summed E-state index contributed by atoms with van der Waals surface area (Å²) in [4.78, 5) is 10.4. The van der Waals surface area contributed by atoms with Gasteiger partial charge in [-0.15, -0.1) is 6.58 Å². The van der Waals surface area contributed by atoms with Gasteiger partial charge in [0.15, 0.2) is 0 Å². The molecule has 0 spiro atoms. The van der Waals surface area contributed by atoms with Crippen LogP contribution in [0, 0.1) is 5.92 Å². The Bertz CT molecular complexity index is 296. The highest BCUT2D eigenvalue weighted by Gasteiger charge is 2.12. The SMILES string of the molecule is C=CCS(=O)(=O)NCCC(C)C(=O)O. The number of rotatable bonds is 7. The summed E-state index contributed by atoms with van der Waals surface area (Å²) in [6.07, 6.45) is 1.56. The van der Waals surface area contributed by atoms with E-state index in [1.807, 2.05) is 0 Å². The fraction of sp³-hybridized carbons (Fsp3) is 0.625. The number of aliphatic carboxylic acids is 1. The van der Waals surface area contributed by atoms with Crippen LogP contribution in [-0.2, 0) is 14.8 Å². The summed E-state index contributed by atoms with van der Waals surface area (Å²) in [5.41, 5.74) is 0. The van der Waals surface area contributed by atoms with E-state index in [1.54, 1.807) is 0 Å². The van der Waals surface area contributed by atoms with Gasteiger partial charge in [-0.05, 0) is 6.42 Å². The van der Waals surface area contributed by atoms with Crippen molar-refractivity contribution in [2.24, 2.45) is 5.92 Å². The third kappa shape index (κ3) is 5.71. The zero-order valence-electron chi connectivity index (χ0n) is 8.06. The molecule has 0 aliphatic heterocycles. The van der Waals surface area contributed by atoms with Crippen LogP contribution < -0.4 is 4.72 Å². The van der Waals surface area contributed by atoms with Crippen molar-refractivity contribution in [2.45, 2.75) is 13.3 Å². The molecule has 5 nitrogen and oxygen atoms in total. The molecule has 0 saturated heterocycles. The molecular formula is C8H15NO4S. The Balaban J connectivity index is 3.85. The van der Waals surface area contributed by atoms with Gasteiger partial charge in [0.25, 0.3) is 0 Å². The largest absolute Gasteiger partial charge is 0.481 e. The molecule has 2 N–H and O–H groups in total. The lowest BCUT2D eigenvalue weighted by molar-refractivity contribution is -0.141. The number of hydrogen-bond donors (Lipinski definition) is 2. The molecule has 0 fully saturated rings. The molecule has 6 heteroatoms. The standard InChI is InChI=1S/C8H15NO4S/c1-3-6-14(12,13)9-5-4-7(2)8(10)11/h3,7,9H,1,4-6H2,2H3,(H,10,11). The average molecular weight is 221 g/mol. The number of sulfonamides is 1. The molecule has 1 atom stereocenters. The molecule has 0 heterocycles. The van der Waals surface area contributed by atoms with Gasteiger partial charge in [-0.1, -0.05) is 13.0 Å². The quantitative estimate of drug-likeness (QED) is 0.602. The van der Waals surface area contributed by atoms with Crippen LogP contribution in [0.5, 0.6) is 0 Å². The number of carboxylic acid groups (broad SMARTS) is 1. The van der Waals surface area contributed by atoms with E-state index in [0.29, 0.717) is 0 Å². The minimum Gasteiger partial charge on any atom is -0.481 e. The molecule has 0 aliphatic rings. The molecule has 0 aliphatic carbocycles. The van der Waals surface area contributed by atoms with E-state index >= 15 is 0 Å². The Morgan fingerprint density at radius 3 is 2.64 bits per heavy atom. The van der Waals surface area contributed by atoms with E-state index in [-0.39, 0.29) is 18.7 Å². The van der Waals surface area contributed by atoms with E-state index < -0.39 is 21.9 Å². The van der Waals surface area contributed by atoms with E-state index in [2.05, 4.69) is 11.3 Å². The van der Waals surface area contributed by atoms with Crippen molar-refractivity contribution in [3.05, 3.63) is 12.7 Å². The maximum atomic E-state index is 11.1. The Labute approximate surface area is 83.9 Å². The Kier molecular flexibility index (Phi) is 5.40. The first-order chi connectivity index (χ1) is 6.39. The van der Waals surface area contributed by atoms with E-state index in [9.17, 15) is 13.2 Å². The monoisotopic (exact) mass is 221 g/mol. The van der Waals surface area contributed by atoms with Crippen molar-refractivity contribution in [3.8, 4) is 0 Å². The smallest absolute Gasteiger partial charge is 0.306 e. The fourth-order valence-electron chi connectivity index (χ4n) is 0.768. The second-order valence-electron chi connectivity index (χ2n) is 2.99. The van der Waals surface area contributed by atoms with Crippen LogP contribution in [0.2, 0.25) is 0 Å². The molecular weight excluding hydrogens is 206 g/mol. The van der Waals surface area contributed by atoms with Gasteiger partial charge in [0.05, 0.1) is 11.7 Å². The van der Waals surface area contributed by atoms with Crippen LogP contribution in [0.3, 0.4) is 0 Å². The Morgan fingerprint density at radius 1 is 1.64 bits per heavy atom. The Hall–Kier alpha value is -0.880. The first-order valence-corrected chi connectivity index (χ1v) is 5.85. The number of carbonyl (C=O) groups is 1. The van der Waals surface area contributed by atoms with Crippen LogP contribution in [0.25, 0.3) is 0 Å². The van der Waals surface area contributed by atoms with Gasteiger partial charge in [-0.3, -0.25) is 4.79 Å². The van der Waals surface area contributed by atoms with Gasteiger partial charge in [0, 0.05) is 6.54 Å². The third-order valence-corrected chi connectivity index (χ3v) is 2.98. The van der Waals surface area contributed by atoms with Crippen molar-refractivity contribution in [1.82, 2.24) is 4.72 Å². The molecule has 82 valence electrons. The molecule has 0 aromatic rings. The van der Waals surface area contributed by atoms with Crippen molar-refractivity contribution < 1.29 is 18.3 Å². The van der Waals surface area contributed by atoms with Gasteiger partial charge in [-0.2, -0.15) is 0 Å². The van der Waals surface area contributed by atoms with Gasteiger partial charge in [-0.25, -0.2) is 13.1 Å². The van der Waals surface area contributed by atoms with E-state index in [0.717, 1.165) is 0 Å². The lowest BCUT2D eigenvalue weighted by Gasteiger charge is -2.07. The third-order valence-electron chi connectivity index (χ3n) is 1.66. The zero-order valence-corrected chi connectivity index (χ0v) is 8.88. The lowest BCUT2D eigenvalue weighted by atomic mass is 10.1. The van der Waals surface area contributed by atoms with Crippen LogP contribution in [0.1, 0.15) is 13.3 Å². The van der Waals surface area contributed by atoms with Crippen molar-refractivity contribution in [2.75, 3.05) is 12.3 Å². The highest BCUT2D eigenvalue weighted by molar-refractivity contribution is 7.89. The normalized spacial score (nSPS) is 13.5. The van der Waals surface area contributed by atoms with Gasteiger partial charge in [0.1, 0.15) is 0 Å². The molecule has 1 unspecified atom stereocenters. The summed E-state index contributed by atoms with van der Waals surface area (Å²) >= 11 is 0. The summed E-state index contributed by atoms with van der Waals surface area (Å²) in [5.74, 6) is -1.61. The highest BCUT2D eigenvalue weighted by atomic mass is 32.2. The number of nitrogens with one attached hydrogen (secondary N) is 1. The number of carboxylic acids is 1. The first kappa shape index (κ1) is 13.1. The second kappa shape index (κ2) is 5.77. The first-order valence-electron chi connectivity index (χ1n) is 4.20. The van der Waals surface area contributed by atoms with Crippen LogP contribution in [0.4, 0.5) is 0 Å². The molecule has 0 bridgehead atoms. The molecule has 0 radical (unpaired) electrons. The predicted molar refractivity (Wildman–Crippen MR) is 53.4 cm³/mol. The Morgan fingerprint density at radius 2 is 2.21 bits per heavy atom. The molecule has 14 heavy (non-hydrogen) atoms. The summed E-state index contributed by atoms with van der Waals surface area (Å²) in [7, 11) is -3.31. The van der Waals surface area contributed by atoms with Gasteiger partial charge in [0.2, 0.25) is 10.0 Å². The lowest BCUT2D eigenvalue weighted by Crippen LogP contribution is -2.28. The van der Waals surface area contributed by atoms with Gasteiger partial charge < -0.3 is 5.11 Å². The molecule has 0 amide bonds. The summed E-state index contributed by atoms with van der Waals surface area (Å²) in [6, 6.07) is 0. The van der Waals surface area contributed by atoms with Crippen molar-refractivity contribution >= 4 is 16.0 Å². The zero-order chi connectivity index (χ0) is 11.2. The van der Waals surface area contributed by atoms with Crippen LogP contribution >= 0.6 is 0 Å². The molecule has 0 rings (SSSR count). The fourth-order valence-corrected chi connectivity index (χ4v) is 1.63. The minimum atomic E-state index is -3.31. The highest BCUT2D eigenvalue weighted by Crippen LogP contribution is 2.00. The van der Waals surface area contributed by atoms with E-state index in [1.165, 1.54) is 13.0 Å². The maximum absolute atomic E-state index is 11.1. The molecule has 0 aromatic heterocycles. The summed E-state index contributed by atoms with van der Waals surface area (Å²) in [6.45, 7) is 4.98. The average Bonchev–Trinajstić information content (AvgIpc) is 2.03. The predicted octanol–water partition coefficient (Wildman–Crippen LogP) is 0.203. The molecule has 0 saturated carbocycles. The second-order valence-corrected chi connectivity index (χ2v) is 4.84. The van der Waals surface area contributed by atoms with E-state index in [4.69, 9.17) is 5.11 Å². The molecule has 0 aromatic carbocycles. The topological polar surface area (TPSA) is 83.5 Å². The van der Waals surface area contributed by atoms with Gasteiger partial charge >= 0.3 is 5.97 Å². The minimum absolute atomic E-state index is 0.143. The maximum Gasteiger partial charge on any atom is 0.306 e. The number of hydrogen-bond acceptors (Lipinski definition) is 3. The van der Waals surface area contributed by atoms with Crippen LogP contribution in [-0.4, -0.2) is 31.8 Å².